The van der Waals surface area contributed by atoms with Crippen molar-refractivity contribution in [1.29, 1.82) is 0 Å². The number of hydrogen-bond donors (Lipinski definition) is 5. The van der Waals surface area contributed by atoms with Crippen LogP contribution in [0.2, 0.25) is 0 Å². The third-order valence-corrected chi connectivity index (χ3v) is 11.4. The molecule has 2 fully saturated rings. The minimum atomic E-state index is -4.75. The molecular formula is C43H42F3N11O6. The molecule has 2 aromatic carbocycles. The van der Waals surface area contributed by atoms with E-state index in [4.69, 9.17) is 5.73 Å². The van der Waals surface area contributed by atoms with Crippen LogP contribution < -0.4 is 27.0 Å². The first kappa shape index (κ1) is 42.4. The van der Waals surface area contributed by atoms with Gasteiger partial charge >= 0.3 is 6.18 Å². The molecule has 8 rings (SSSR count). The van der Waals surface area contributed by atoms with Crippen LogP contribution in [0.15, 0.2) is 54.9 Å². The maximum atomic E-state index is 14.5. The fourth-order valence-corrected chi connectivity index (χ4v) is 8.06. The van der Waals surface area contributed by atoms with E-state index in [1.165, 1.54) is 30.5 Å². The number of amides is 6. The lowest BCUT2D eigenvalue weighted by Crippen LogP contribution is -2.54. The molecule has 1 saturated carbocycles. The molecule has 63 heavy (non-hydrogen) atoms. The average Bonchev–Trinajstić information content (AvgIpc) is 3.92. The highest BCUT2D eigenvalue weighted by atomic mass is 19.4. The van der Waals surface area contributed by atoms with Crippen molar-refractivity contribution in [3.05, 3.63) is 94.2 Å². The normalized spacial score (nSPS) is 16.6. The number of anilines is 2. The van der Waals surface area contributed by atoms with E-state index in [1.807, 2.05) is 13.8 Å². The Morgan fingerprint density at radius 2 is 1.76 bits per heavy atom. The van der Waals surface area contributed by atoms with E-state index in [1.54, 1.807) is 30.1 Å². The Bertz CT molecular complexity index is 2730. The van der Waals surface area contributed by atoms with Crippen LogP contribution >= 0.6 is 0 Å². The van der Waals surface area contributed by atoms with Gasteiger partial charge in [0.1, 0.15) is 17.4 Å². The van der Waals surface area contributed by atoms with Crippen LogP contribution in [0.3, 0.4) is 0 Å². The van der Waals surface area contributed by atoms with Gasteiger partial charge < -0.3 is 21.7 Å². The topological polar surface area (TPSA) is 236 Å². The Hall–Kier alpha value is -7.25. The van der Waals surface area contributed by atoms with E-state index in [9.17, 15) is 41.9 Å². The standard InChI is InChI=1S/C43H42F3N11O6/c1-42(2,53-27-8-6-7-23-33(27)41(63)57(40(23)62)30-13-14-32(58)52-39(30)61)31-20-56(55-54-31)16-5-4-15-49-38(60)28-12-11-22(19-50-28)24-17-25-29(18-26(24)43(44,45)46)51-35(21-9-10-21)34(37(47)59)36(25)48-3/h6-8,11-12,17-21,30,53H,4-5,9-10,13-16H2,1-3H3,(H2,47,59)(H,48,51)(H,49,60)(H,52,58,61). The van der Waals surface area contributed by atoms with Gasteiger partial charge in [-0.15, -0.1) is 5.10 Å². The summed E-state index contributed by atoms with van der Waals surface area (Å²) in [7, 11) is 1.56. The van der Waals surface area contributed by atoms with Gasteiger partial charge in [0.15, 0.2) is 0 Å². The number of imide groups is 2. The van der Waals surface area contributed by atoms with Crippen LogP contribution in [-0.2, 0) is 27.8 Å². The van der Waals surface area contributed by atoms with Crippen molar-refractivity contribution in [2.24, 2.45) is 5.73 Å². The third-order valence-electron chi connectivity index (χ3n) is 11.4. The second-order valence-electron chi connectivity index (χ2n) is 16.2. The molecule has 5 heterocycles. The summed E-state index contributed by atoms with van der Waals surface area (Å²) in [6.45, 7) is 4.37. The Morgan fingerprint density at radius 3 is 2.43 bits per heavy atom. The smallest absolute Gasteiger partial charge is 0.387 e. The number of primary amides is 1. The zero-order valence-electron chi connectivity index (χ0n) is 34.4. The van der Waals surface area contributed by atoms with Gasteiger partial charge in [-0.2, -0.15) is 13.2 Å². The fourth-order valence-electron chi connectivity index (χ4n) is 8.06. The first-order chi connectivity index (χ1) is 30.0. The molecule has 5 aromatic rings. The molecule has 0 radical (unpaired) electrons. The van der Waals surface area contributed by atoms with Crippen molar-refractivity contribution in [1.82, 2.24) is 40.5 Å². The maximum Gasteiger partial charge on any atom is 0.417 e. The lowest BCUT2D eigenvalue weighted by Gasteiger charge is -2.28. The van der Waals surface area contributed by atoms with E-state index in [2.05, 4.69) is 41.5 Å². The van der Waals surface area contributed by atoms with E-state index >= 15 is 0 Å². The van der Waals surface area contributed by atoms with Crippen molar-refractivity contribution < 1.29 is 41.9 Å². The number of alkyl halides is 3. The largest absolute Gasteiger partial charge is 0.417 e. The molecule has 6 N–H and O–H groups in total. The minimum Gasteiger partial charge on any atom is -0.387 e. The van der Waals surface area contributed by atoms with Crippen molar-refractivity contribution in [3.8, 4) is 11.1 Å². The first-order valence-electron chi connectivity index (χ1n) is 20.3. The van der Waals surface area contributed by atoms with Crippen LogP contribution in [0.1, 0.15) is 117 Å². The number of hydrogen-bond acceptors (Lipinski definition) is 12. The predicted molar refractivity (Wildman–Crippen MR) is 221 cm³/mol. The summed E-state index contributed by atoms with van der Waals surface area (Å²) >= 11 is 0. The number of unbranched alkanes of at least 4 members (excludes halogenated alkanes) is 1. The number of fused-ring (bicyclic) bond motifs is 2. The number of pyridine rings is 2. The van der Waals surface area contributed by atoms with Crippen molar-refractivity contribution >= 4 is 57.7 Å². The lowest BCUT2D eigenvalue weighted by atomic mass is 9.94. The number of halogens is 3. The monoisotopic (exact) mass is 865 g/mol. The highest BCUT2D eigenvalue weighted by Crippen LogP contribution is 2.46. The molecule has 6 amide bonds. The Labute approximate surface area is 357 Å². The number of nitrogens with zero attached hydrogens (tertiary/aromatic N) is 6. The number of benzene rings is 2. The summed E-state index contributed by atoms with van der Waals surface area (Å²) in [5.74, 6) is -3.71. The molecule has 1 saturated heterocycles. The Morgan fingerprint density at radius 1 is 0.984 bits per heavy atom. The minimum absolute atomic E-state index is 0.00484. The molecule has 2 aliphatic heterocycles. The second kappa shape index (κ2) is 16.2. The van der Waals surface area contributed by atoms with Gasteiger partial charge in [0.05, 0.1) is 50.9 Å². The summed E-state index contributed by atoms with van der Waals surface area (Å²) in [6, 6.07) is 8.70. The Kier molecular flexibility index (Phi) is 10.9. The van der Waals surface area contributed by atoms with Crippen LogP contribution in [-0.4, -0.2) is 84.9 Å². The number of piperidine rings is 1. The third kappa shape index (κ3) is 8.15. The number of aryl methyl sites for hydroxylation is 1. The summed E-state index contributed by atoms with van der Waals surface area (Å²) in [5.41, 5.74) is 5.86. The number of rotatable bonds is 14. The van der Waals surface area contributed by atoms with Gasteiger partial charge in [-0.1, -0.05) is 17.3 Å². The molecule has 1 unspecified atom stereocenters. The molecule has 1 aliphatic carbocycles. The summed E-state index contributed by atoms with van der Waals surface area (Å²) in [4.78, 5) is 86.1. The number of nitrogens with one attached hydrogen (secondary N) is 4. The molecular weight excluding hydrogens is 824 g/mol. The van der Waals surface area contributed by atoms with Crippen LogP contribution in [0.5, 0.6) is 0 Å². The summed E-state index contributed by atoms with van der Waals surface area (Å²) < 4.78 is 45.0. The lowest BCUT2D eigenvalue weighted by molar-refractivity contribution is -0.137. The molecule has 3 aromatic heterocycles. The van der Waals surface area contributed by atoms with Crippen molar-refractivity contribution in [2.75, 3.05) is 24.2 Å². The van der Waals surface area contributed by atoms with Gasteiger partial charge in [0, 0.05) is 55.3 Å². The first-order valence-corrected chi connectivity index (χ1v) is 20.3. The predicted octanol–water partition coefficient (Wildman–Crippen LogP) is 4.88. The number of nitrogens with two attached hydrogens (primary N) is 1. The van der Waals surface area contributed by atoms with Gasteiger partial charge in [0.2, 0.25) is 11.8 Å². The van der Waals surface area contributed by atoms with E-state index < -0.39 is 58.8 Å². The highest BCUT2D eigenvalue weighted by Gasteiger charge is 2.46. The molecule has 17 nitrogen and oxygen atoms in total. The van der Waals surface area contributed by atoms with Crippen LogP contribution in [0.4, 0.5) is 24.5 Å². The molecule has 1 atom stereocenters. The fraction of sp³-hybridized carbons (Fsp3) is 0.349. The van der Waals surface area contributed by atoms with Gasteiger partial charge in [-0.3, -0.25) is 53.6 Å². The average molecular weight is 866 g/mol. The van der Waals surface area contributed by atoms with Gasteiger partial charge in [0.25, 0.3) is 23.6 Å². The number of carbonyl (C=O) groups excluding carboxylic acids is 6. The number of carbonyl (C=O) groups is 6. The summed E-state index contributed by atoms with van der Waals surface area (Å²) in [5, 5.41) is 20.0. The number of aromatic nitrogens is 5. The van der Waals surface area contributed by atoms with E-state index in [0.29, 0.717) is 42.1 Å². The molecule has 3 aliphatic rings. The van der Waals surface area contributed by atoms with Crippen LogP contribution in [0, 0.1) is 0 Å². The molecule has 20 heteroatoms. The van der Waals surface area contributed by atoms with Crippen LogP contribution in [0.25, 0.3) is 22.0 Å². The molecule has 0 spiro atoms. The molecule has 0 bridgehead atoms. The van der Waals surface area contributed by atoms with E-state index in [-0.39, 0.29) is 69.7 Å². The Balaban J connectivity index is 0.879. The van der Waals surface area contributed by atoms with Crippen molar-refractivity contribution in [2.45, 2.75) is 82.6 Å². The molecule has 326 valence electrons. The quantitative estimate of drug-likeness (QED) is 0.0742. The van der Waals surface area contributed by atoms with Crippen molar-refractivity contribution in [3.63, 3.8) is 0 Å². The van der Waals surface area contributed by atoms with Gasteiger partial charge in [-0.25, -0.2) is 0 Å². The summed E-state index contributed by atoms with van der Waals surface area (Å²) in [6.07, 6.45) is 0.883. The highest BCUT2D eigenvalue weighted by molar-refractivity contribution is 6.25. The zero-order chi connectivity index (χ0) is 45.0. The second-order valence-corrected chi connectivity index (χ2v) is 16.2. The maximum absolute atomic E-state index is 14.5. The zero-order valence-corrected chi connectivity index (χ0v) is 34.4. The SMILES string of the molecule is CNc1c(C(N)=O)c(C2CC2)nc2cc(C(F)(F)F)c(-c3ccc(C(=O)NCCCCn4cc(C(C)(C)Nc5cccc6c5C(=O)N(C5CCC(=O)NC5=O)C6=O)nn4)nc3)cc12. The van der Waals surface area contributed by atoms with E-state index in [0.717, 1.165) is 23.8 Å². The van der Waals surface area contributed by atoms with Gasteiger partial charge in [-0.05, 0) is 81.8 Å².